The van der Waals surface area contributed by atoms with Crippen LogP contribution in [0.5, 0.6) is 5.75 Å². The van der Waals surface area contributed by atoms with Gasteiger partial charge in [-0.1, -0.05) is 102 Å². The highest BCUT2D eigenvalue weighted by Crippen LogP contribution is 2.60. The summed E-state index contributed by atoms with van der Waals surface area (Å²) in [5.41, 5.74) is 1.90. The van der Waals surface area contributed by atoms with Gasteiger partial charge < -0.3 is 30.5 Å². The molecule has 1 spiro atoms. The van der Waals surface area contributed by atoms with Crippen LogP contribution in [-0.4, -0.2) is 49.2 Å². The number of carboxylic acids is 1. The molecule has 5 atom stereocenters. The van der Waals surface area contributed by atoms with Gasteiger partial charge in [0, 0.05) is 11.4 Å². The molecule has 7 heteroatoms. The van der Waals surface area contributed by atoms with E-state index in [9.17, 15) is 30.3 Å². The molecule has 0 saturated heterocycles. The summed E-state index contributed by atoms with van der Waals surface area (Å²) >= 11 is 0. The summed E-state index contributed by atoms with van der Waals surface area (Å²) in [5.74, 6) is -1.79. The first-order chi connectivity index (χ1) is 22.2. The minimum Gasteiger partial charge on any atom is -0.872 e. The first kappa shape index (κ1) is 36.5. The molecule has 46 heavy (non-hydrogen) atoms. The molecule has 0 radical (unpaired) electrons. The zero-order chi connectivity index (χ0) is 33.0. The lowest BCUT2D eigenvalue weighted by Crippen LogP contribution is -2.42. The lowest BCUT2D eigenvalue weighted by atomic mass is 9.69. The second-order valence-electron chi connectivity index (χ2n) is 14.8. The summed E-state index contributed by atoms with van der Waals surface area (Å²) in [6.45, 7) is 2.20. The minimum absolute atomic E-state index is 0.0272. The molecule has 2 aliphatic rings. The van der Waals surface area contributed by atoms with Crippen LogP contribution in [0.1, 0.15) is 141 Å². The fraction of sp³-hybridized carbons (Fsp3) is 0.718. The molecule has 7 nitrogen and oxygen atoms in total. The van der Waals surface area contributed by atoms with Crippen LogP contribution in [0, 0.1) is 17.3 Å². The Morgan fingerprint density at radius 1 is 0.891 bits per heavy atom. The van der Waals surface area contributed by atoms with Crippen molar-refractivity contribution in [2.24, 2.45) is 17.3 Å². The standard InChI is InChI=1S/C39H61NO6/c1-2-3-4-5-8-15-31(41)16-9-6-7-10-18-33(37(44)45)35(43)21-24-39(46)26-25-38(22-11-12-23-38)36(39)28-30-19-20-34(40-30)29-14-13-17-32(42)27-29/h13-14,17,19-20,27,31,33,35-36,40-43,46H,2-12,15-16,18,21-26,28H2,1H3,(H,44,45)/p-1/t31-,33-,35+,36-,39-/m0/s1. The number of hydrogen-bond donors (Lipinski definition) is 5. The van der Waals surface area contributed by atoms with E-state index in [-0.39, 0.29) is 29.6 Å². The minimum atomic E-state index is -0.992. The van der Waals surface area contributed by atoms with Crippen LogP contribution in [-0.2, 0) is 11.2 Å². The largest absolute Gasteiger partial charge is 0.872 e. The molecule has 4 rings (SSSR count). The molecular weight excluding hydrogens is 578 g/mol. The zero-order valence-electron chi connectivity index (χ0n) is 28.2. The van der Waals surface area contributed by atoms with Crippen LogP contribution in [0.15, 0.2) is 36.4 Å². The Morgan fingerprint density at radius 2 is 1.57 bits per heavy atom. The highest BCUT2D eigenvalue weighted by Gasteiger charge is 2.56. The van der Waals surface area contributed by atoms with Crippen molar-refractivity contribution in [3.63, 3.8) is 0 Å². The SMILES string of the molecule is CCCCCCC[C@H](O)CCCCCC[C@H](C(=O)O)[C@H](O)CC[C@]1(O)CCC2(CCCC2)[C@@H]1Cc1ccc(-c2cccc([O-])c2)[nH]1. The molecular formula is C39H60NO6-. The van der Waals surface area contributed by atoms with Crippen LogP contribution in [0.3, 0.4) is 0 Å². The monoisotopic (exact) mass is 638 g/mol. The lowest BCUT2D eigenvalue weighted by Gasteiger charge is -2.39. The zero-order valence-corrected chi connectivity index (χ0v) is 28.2. The van der Waals surface area contributed by atoms with Gasteiger partial charge in [-0.2, -0.15) is 0 Å². The van der Waals surface area contributed by atoms with Gasteiger partial charge in [0.25, 0.3) is 0 Å². The highest BCUT2D eigenvalue weighted by atomic mass is 16.4. The fourth-order valence-electron chi connectivity index (χ4n) is 8.68. The van der Waals surface area contributed by atoms with Gasteiger partial charge >= 0.3 is 5.97 Å². The van der Waals surface area contributed by atoms with Crippen molar-refractivity contribution in [1.29, 1.82) is 0 Å². The number of aliphatic hydroxyl groups is 3. The summed E-state index contributed by atoms with van der Waals surface area (Å²) in [4.78, 5) is 15.7. The number of rotatable bonds is 21. The third kappa shape index (κ3) is 10.1. The van der Waals surface area contributed by atoms with Gasteiger partial charge in [-0.15, -0.1) is 5.75 Å². The Labute approximate surface area is 276 Å². The highest BCUT2D eigenvalue weighted by molar-refractivity contribution is 5.70. The second-order valence-corrected chi connectivity index (χ2v) is 14.8. The Morgan fingerprint density at radius 3 is 2.22 bits per heavy atom. The van der Waals surface area contributed by atoms with Crippen molar-refractivity contribution in [2.45, 2.75) is 160 Å². The summed E-state index contributed by atoms with van der Waals surface area (Å²) in [7, 11) is 0. The molecule has 2 aliphatic carbocycles. The number of nitrogens with one attached hydrogen (secondary N) is 1. The number of carboxylic acid groups (broad SMARTS) is 1. The molecule has 1 heterocycles. The van der Waals surface area contributed by atoms with Crippen LogP contribution >= 0.6 is 0 Å². The lowest BCUT2D eigenvalue weighted by molar-refractivity contribution is -0.268. The number of carbonyl (C=O) groups is 1. The Kier molecular flexibility index (Phi) is 14.0. The van der Waals surface area contributed by atoms with Crippen molar-refractivity contribution in [3.05, 3.63) is 42.1 Å². The number of unbranched alkanes of at least 4 members (excludes halogenated alkanes) is 7. The van der Waals surface area contributed by atoms with Gasteiger partial charge in [-0.05, 0) is 93.2 Å². The topological polar surface area (TPSA) is 137 Å². The third-order valence-corrected chi connectivity index (χ3v) is 11.5. The Hall–Kier alpha value is -2.35. The van der Waals surface area contributed by atoms with Crippen LogP contribution in [0.4, 0.5) is 0 Å². The van der Waals surface area contributed by atoms with E-state index in [1.54, 1.807) is 18.2 Å². The van der Waals surface area contributed by atoms with Crippen molar-refractivity contribution in [3.8, 4) is 17.0 Å². The van der Waals surface area contributed by atoms with Crippen molar-refractivity contribution in [1.82, 2.24) is 4.98 Å². The molecule has 1 aromatic carbocycles. The predicted octanol–water partition coefficient (Wildman–Crippen LogP) is 7.90. The number of hydrogen-bond acceptors (Lipinski definition) is 5. The maximum Gasteiger partial charge on any atom is 0.309 e. The third-order valence-electron chi connectivity index (χ3n) is 11.5. The van der Waals surface area contributed by atoms with E-state index in [0.29, 0.717) is 25.7 Å². The molecule has 0 amide bonds. The van der Waals surface area contributed by atoms with Crippen molar-refractivity contribution >= 4 is 5.97 Å². The number of aromatic amines is 1. The average Bonchev–Trinajstić information content (AvgIpc) is 3.77. The molecule has 2 aromatic rings. The number of H-pyrrole nitrogens is 1. The molecule has 1 aromatic heterocycles. The van der Waals surface area contributed by atoms with E-state index in [4.69, 9.17) is 0 Å². The first-order valence-electron chi connectivity index (χ1n) is 18.4. The molecule has 5 N–H and O–H groups in total. The summed E-state index contributed by atoms with van der Waals surface area (Å²) in [6.07, 6.45) is 18.0. The van der Waals surface area contributed by atoms with E-state index in [0.717, 1.165) is 81.2 Å². The van der Waals surface area contributed by atoms with E-state index in [2.05, 4.69) is 18.0 Å². The van der Waals surface area contributed by atoms with Gasteiger partial charge in [0.05, 0.1) is 23.7 Å². The van der Waals surface area contributed by atoms with Gasteiger partial charge in [0.1, 0.15) is 0 Å². The van der Waals surface area contributed by atoms with Crippen molar-refractivity contribution < 1.29 is 30.3 Å². The maximum atomic E-state index is 12.2. The van der Waals surface area contributed by atoms with Gasteiger partial charge in [-0.3, -0.25) is 4.79 Å². The van der Waals surface area contributed by atoms with Gasteiger partial charge in [0.2, 0.25) is 0 Å². The molecule has 0 unspecified atom stereocenters. The Balaban J connectivity index is 1.26. The van der Waals surface area contributed by atoms with Crippen LogP contribution in [0.2, 0.25) is 0 Å². The summed E-state index contributed by atoms with van der Waals surface area (Å²) in [5, 5.41) is 55.3. The number of aromatic nitrogens is 1. The predicted molar refractivity (Wildman–Crippen MR) is 181 cm³/mol. The normalized spacial score (nSPS) is 22.7. The smallest absolute Gasteiger partial charge is 0.309 e. The van der Waals surface area contributed by atoms with E-state index in [1.807, 2.05) is 12.1 Å². The molecule has 0 aliphatic heterocycles. The average molecular weight is 639 g/mol. The van der Waals surface area contributed by atoms with E-state index >= 15 is 0 Å². The number of benzene rings is 1. The maximum absolute atomic E-state index is 12.2. The van der Waals surface area contributed by atoms with Crippen molar-refractivity contribution in [2.75, 3.05) is 0 Å². The summed E-state index contributed by atoms with van der Waals surface area (Å²) < 4.78 is 0. The molecule has 2 fully saturated rings. The number of aliphatic carboxylic acids is 1. The molecule has 2 saturated carbocycles. The van der Waals surface area contributed by atoms with Gasteiger partial charge in [0.15, 0.2) is 0 Å². The first-order valence-corrected chi connectivity index (χ1v) is 18.4. The fourth-order valence-corrected chi connectivity index (χ4v) is 8.68. The number of aliphatic hydroxyl groups excluding tert-OH is 2. The second kappa shape index (κ2) is 17.7. The quantitative estimate of drug-likeness (QED) is 0.0882. The molecule has 258 valence electrons. The summed E-state index contributed by atoms with van der Waals surface area (Å²) in [6, 6.07) is 10.9. The van der Waals surface area contributed by atoms with E-state index < -0.39 is 23.6 Å². The van der Waals surface area contributed by atoms with Crippen LogP contribution < -0.4 is 5.11 Å². The Bertz CT molecular complexity index is 1190. The van der Waals surface area contributed by atoms with Crippen LogP contribution in [0.25, 0.3) is 11.3 Å². The van der Waals surface area contributed by atoms with E-state index in [1.165, 1.54) is 38.5 Å². The molecule has 0 bridgehead atoms. The van der Waals surface area contributed by atoms with Gasteiger partial charge in [-0.25, -0.2) is 0 Å².